The third-order valence-electron chi connectivity index (χ3n) is 3.39. The van der Waals surface area contributed by atoms with Crippen LogP contribution in [-0.4, -0.2) is 27.7 Å². The lowest BCUT2D eigenvalue weighted by Gasteiger charge is -2.10. The van der Waals surface area contributed by atoms with Gasteiger partial charge in [0.05, 0.1) is 13.1 Å². The van der Waals surface area contributed by atoms with E-state index in [1.54, 1.807) is 11.3 Å². The van der Waals surface area contributed by atoms with E-state index in [-0.39, 0.29) is 24.0 Å². The number of thiophene rings is 1. The quantitative estimate of drug-likeness (QED) is 0.295. The smallest absolute Gasteiger partial charge is 0.191 e. The Balaban J connectivity index is 0.00000225. The number of hydrogen-bond acceptors (Lipinski definition) is 4. The average Bonchev–Trinajstić information content (AvgIpc) is 3.31. The normalized spacial score (nSPS) is 11.0. The second kappa shape index (κ2) is 10.1. The lowest BCUT2D eigenvalue weighted by atomic mass is 10.1. The van der Waals surface area contributed by atoms with Gasteiger partial charge in [0.15, 0.2) is 11.8 Å². The zero-order valence-electron chi connectivity index (χ0n) is 13.9. The van der Waals surface area contributed by atoms with Gasteiger partial charge in [-0.15, -0.1) is 35.3 Å². The lowest BCUT2D eigenvalue weighted by Crippen LogP contribution is -2.36. The number of halogens is 1. The summed E-state index contributed by atoms with van der Waals surface area (Å²) < 4.78 is 0. The SMILES string of the molecule is CCNC(=NCc1cccc(-c2ncn[nH]2)c1)NCc1cccs1.I. The summed E-state index contributed by atoms with van der Waals surface area (Å²) in [5, 5.41) is 15.5. The molecule has 0 atom stereocenters. The molecule has 25 heavy (non-hydrogen) atoms. The molecule has 6 nitrogen and oxygen atoms in total. The Hall–Kier alpha value is -1.94. The molecule has 8 heteroatoms. The molecule has 2 aromatic heterocycles. The Kier molecular flexibility index (Phi) is 7.86. The average molecular weight is 468 g/mol. The van der Waals surface area contributed by atoms with Gasteiger partial charge in [0.25, 0.3) is 0 Å². The van der Waals surface area contributed by atoms with Gasteiger partial charge in [0.1, 0.15) is 6.33 Å². The van der Waals surface area contributed by atoms with Crippen LogP contribution in [0.15, 0.2) is 53.1 Å². The maximum Gasteiger partial charge on any atom is 0.191 e. The van der Waals surface area contributed by atoms with Gasteiger partial charge >= 0.3 is 0 Å². The number of H-pyrrole nitrogens is 1. The first-order valence-electron chi connectivity index (χ1n) is 7.84. The fourth-order valence-corrected chi connectivity index (χ4v) is 2.90. The molecule has 3 aromatic rings. The van der Waals surface area contributed by atoms with E-state index in [0.29, 0.717) is 6.54 Å². The highest BCUT2D eigenvalue weighted by atomic mass is 127. The van der Waals surface area contributed by atoms with Crippen LogP contribution in [0.4, 0.5) is 0 Å². The van der Waals surface area contributed by atoms with Crippen LogP contribution < -0.4 is 10.6 Å². The molecule has 0 aliphatic carbocycles. The molecule has 0 spiro atoms. The molecule has 0 aliphatic heterocycles. The predicted octanol–water partition coefficient (Wildman–Crippen LogP) is 3.41. The Morgan fingerprint density at radius 2 is 2.16 bits per heavy atom. The molecule has 0 saturated heterocycles. The molecule has 0 unspecified atom stereocenters. The van der Waals surface area contributed by atoms with Gasteiger partial charge in [-0.05, 0) is 30.0 Å². The van der Waals surface area contributed by atoms with Gasteiger partial charge in [-0.1, -0.05) is 24.3 Å². The first kappa shape index (κ1) is 19.4. The van der Waals surface area contributed by atoms with E-state index in [4.69, 9.17) is 0 Å². The highest BCUT2D eigenvalue weighted by Crippen LogP contribution is 2.16. The van der Waals surface area contributed by atoms with Crippen LogP contribution >= 0.6 is 35.3 Å². The number of aromatic nitrogens is 3. The second-order valence-electron chi connectivity index (χ2n) is 5.16. The molecule has 0 radical (unpaired) electrons. The van der Waals surface area contributed by atoms with E-state index in [9.17, 15) is 0 Å². The zero-order chi connectivity index (χ0) is 16.6. The van der Waals surface area contributed by atoms with Crippen molar-refractivity contribution in [3.63, 3.8) is 0 Å². The summed E-state index contributed by atoms with van der Waals surface area (Å²) in [4.78, 5) is 10.1. The highest BCUT2D eigenvalue weighted by molar-refractivity contribution is 14.0. The molecule has 2 heterocycles. The van der Waals surface area contributed by atoms with Crippen molar-refractivity contribution in [3.05, 3.63) is 58.5 Å². The summed E-state index contributed by atoms with van der Waals surface area (Å²) in [5.74, 6) is 1.58. The molecule has 132 valence electrons. The maximum atomic E-state index is 4.66. The number of rotatable bonds is 6. The fourth-order valence-electron chi connectivity index (χ4n) is 2.26. The minimum absolute atomic E-state index is 0. The number of nitrogens with one attached hydrogen (secondary N) is 3. The predicted molar refractivity (Wildman–Crippen MR) is 113 cm³/mol. The molecule has 0 bridgehead atoms. The minimum Gasteiger partial charge on any atom is -0.357 e. The van der Waals surface area contributed by atoms with Crippen LogP contribution in [0.25, 0.3) is 11.4 Å². The minimum atomic E-state index is 0. The van der Waals surface area contributed by atoms with E-state index in [0.717, 1.165) is 36.0 Å². The number of hydrogen-bond donors (Lipinski definition) is 3. The Labute approximate surface area is 168 Å². The van der Waals surface area contributed by atoms with Crippen molar-refractivity contribution in [3.8, 4) is 11.4 Å². The van der Waals surface area contributed by atoms with Crippen molar-refractivity contribution in [1.29, 1.82) is 0 Å². The highest BCUT2D eigenvalue weighted by Gasteiger charge is 2.03. The van der Waals surface area contributed by atoms with Crippen LogP contribution in [0.3, 0.4) is 0 Å². The number of aromatic amines is 1. The molecule has 3 rings (SSSR count). The number of nitrogens with zero attached hydrogens (tertiary/aromatic N) is 3. The van der Waals surface area contributed by atoms with Crippen LogP contribution in [0.1, 0.15) is 17.4 Å². The van der Waals surface area contributed by atoms with Crippen LogP contribution in [0.5, 0.6) is 0 Å². The molecule has 1 aromatic carbocycles. The summed E-state index contributed by atoms with van der Waals surface area (Å²) in [6.07, 6.45) is 1.51. The fraction of sp³-hybridized carbons (Fsp3) is 0.235. The summed E-state index contributed by atoms with van der Waals surface area (Å²) in [7, 11) is 0. The number of guanidine groups is 1. The van der Waals surface area contributed by atoms with E-state index in [1.807, 2.05) is 12.1 Å². The summed E-state index contributed by atoms with van der Waals surface area (Å²) in [6, 6.07) is 12.3. The van der Waals surface area contributed by atoms with Gasteiger partial charge in [0, 0.05) is 17.0 Å². The number of benzene rings is 1. The maximum absolute atomic E-state index is 4.66. The number of aliphatic imine (C=N–C) groups is 1. The van der Waals surface area contributed by atoms with Gasteiger partial charge in [-0.3, -0.25) is 5.10 Å². The van der Waals surface area contributed by atoms with E-state index in [1.165, 1.54) is 11.2 Å². The Bertz CT molecular complexity index is 770. The monoisotopic (exact) mass is 468 g/mol. The third kappa shape index (κ3) is 5.82. The third-order valence-corrected chi connectivity index (χ3v) is 4.27. The van der Waals surface area contributed by atoms with Gasteiger partial charge in [-0.25, -0.2) is 9.98 Å². The van der Waals surface area contributed by atoms with Gasteiger partial charge in [-0.2, -0.15) is 5.10 Å². The Morgan fingerprint density at radius 3 is 2.88 bits per heavy atom. The van der Waals surface area contributed by atoms with E-state index >= 15 is 0 Å². The largest absolute Gasteiger partial charge is 0.357 e. The van der Waals surface area contributed by atoms with Crippen LogP contribution in [-0.2, 0) is 13.1 Å². The Morgan fingerprint density at radius 1 is 1.24 bits per heavy atom. The van der Waals surface area contributed by atoms with Crippen molar-refractivity contribution < 1.29 is 0 Å². The summed E-state index contributed by atoms with van der Waals surface area (Å²) in [6.45, 7) is 4.27. The van der Waals surface area contributed by atoms with Crippen LogP contribution in [0, 0.1) is 0 Å². The molecular formula is C17H21IN6S. The van der Waals surface area contributed by atoms with Crippen molar-refractivity contribution >= 4 is 41.3 Å². The molecule has 0 amide bonds. The molecule has 0 saturated carbocycles. The molecule has 0 fully saturated rings. The van der Waals surface area contributed by atoms with Crippen molar-refractivity contribution in [2.45, 2.75) is 20.0 Å². The van der Waals surface area contributed by atoms with E-state index in [2.05, 4.69) is 67.4 Å². The standard InChI is InChI=1S/C17H20N6S.HI/c1-2-18-17(20-11-15-7-4-8-24-15)19-10-13-5-3-6-14(9-13)16-21-12-22-23-16;/h3-9,12H,2,10-11H2,1H3,(H2,18,19,20)(H,21,22,23);1H. The van der Waals surface area contributed by atoms with Crippen molar-refractivity contribution in [1.82, 2.24) is 25.8 Å². The molecule has 3 N–H and O–H groups in total. The van der Waals surface area contributed by atoms with Crippen LogP contribution in [0.2, 0.25) is 0 Å². The zero-order valence-corrected chi connectivity index (χ0v) is 17.0. The van der Waals surface area contributed by atoms with Crippen molar-refractivity contribution in [2.24, 2.45) is 4.99 Å². The molecule has 0 aliphatic rings. The first-order valence-corrected chi connectivity index (χ1v) is 8.72. The summed E-state index contributed by atoms with van der Waals surface area (Å²) in [5.41, 5.74) is 2.13. The lowest BCUT2D eigenvalue weighted by molar-refractivity contribution is 0.823. The second-order valence-corrected chi connectivity index (χ2v) is 6.19. The van der Waals surface area contributed by atoms with Crippen molar-refractivity contribution in [2.75, 3.05) is 6.54 Å². The topological polar surface area (TPSA) is 78.0 Å². The van der Waals surface area contributed by atoms with Gasteiger partial charge < -0.3 is 10.6 Å². The van der Waals surface area contributed by atoms with E-state index < -0.39 is 0 Å². The first-order chi connectivity index (χ1) is 11.8. The molecular weight excluding hydrogens is 447 g/mol. The summed E-state index contributed by atoms with van der Waals surface area (Å²) >= 11 is 1.74. The van der Waals surface area contributed by atoms with Gasteiger partial charge in [0.2, 0.25) is 0 Å².